The third kappa shape index (κ3) is 4.85. The van der Waals surface area contributed by atoms with Crippen molar-refractivity contribution >= 4 is 33.3 Å². The van der Waals surface area contributed by atoms with Crippen LogP contribution in [0.3, 0.4) is 0 Å². The van der Waals surface area contributed by atoms with Crippen LogP contribution in [-0.4, -0.2) is 45.4 Å². The van der Waals surface area contributed by atoms with Gasteiger partial charge in [0.25, 0.3) is 0 Å². The molecule has 2 N–H and O–H groups in total. The highest BCUT2D eigenvalue weighted by atomic mass is 32.1. The molecule has 1 aliphatic heterocycles. The number of nitrogens with one attached hydrogen (secondary N) is 2. The summed E-state index contributed by atoms with van der Waals surface area (Å²) in [7, 11) is 0. The molecule has 8 nitrogen and oxygen atoms in total. The second-order valence-electron chi connectivity index (χ2n) is 8.34. The van der Waals surface area contributed by atoms with Gasteiger partial charge in [0, 0.05) is 31.7 Å². The highest BCUT2D eigenvalue weighted by Gasteiger charge is 2.25. The average molecular weight is 454 g/mol. The van der Waals surface area contributed by atoms with E-state index in [4.69, 9.17) is 0 Å². The molecule has 1 fully saturated rings. The van der Waals surface area contributed by atoms with Crippen molar-refractivity contribution < 1.29 is 9.18 Å². The fraction of sp³-hybridized carbons (Fsp3) is 0.409. The number of benzene rings is 1. The zero-order chi connectivity index (χ0) is 21.9. The van der Waals surface area contributed by atoms with E-state index in [2.05, 4.69) is 35.9 Å². The first kappa shape index (κ1) is 20.7. The molecule has 0 radical (unpaired) electrons. The average Bonchev–Trinajstić information content (AvgIpc) is 3.44. The predicted octanol–water partition coefficient (Wildman–Crippen LogP) is 3.29. The SMILES string of the molecule is O=C(CC1CCc2cc(F)ccc2C1)Nc1nnc(N[C@@H]2CCN(c3cccnn3)C2)s1. The standard InChI is InChI=1S/C22H24FN7OS/c23-17-6-5-15-10-14(3-4-16(15)12-17)11-20(31)26-22-29-28-21(32-22)25-18-7-9-30(13-18)19-2-1-8-24-27-19/h1-2,5-6,8,12,14,18H,3-4,7,9-11,13H2,(H,25,28)(H,26,29,31)/t14?,18-/m1/s1. The van der Waals surface area contributed by atoms with Crippen LogP contribution in [0.5, 0.6) is 0 Å². The van der Waals surface area contributed by atoms with Crippen LogP contribution in [0.4, 0.5) is 20.5 Å². The molecule has 1 unspecified atom stereocenters. The zero-order valence-corrected chi connectivity index (χ0v) is 18.3. The molecule has 0 bridgehead atoms. The Kier molecular flexibility index (Phi) is 5.93. The molecule has 1 aromatic carbocycles. The molecule has 3 aromatic rings. The van der Waals surface area contributed by atoms with Crippen molar-refractivity contribution in [2.45, 2.75) is 38.1 Å². The van der Waals surface area contributed by atoms with Crippen molar-refractivity contribution in [3.63, 3.8) is 0 Å². The molecule has 1 aliphatic carbocycles. The van der Waals surface area contributed by atoms with Gasteiger partial charge in [0.1, 0.15) is 5.82 Å². The van der Waals surface area contributed by atoms with Gasteiger partial charge in [-0.25, -0.2) is 4.39 Å². The molecular weight excluding hydrogens is 429 g/mol. The molecule has 2 aromatic heterocycles. The Hall–Kier alpha value is -3.14. The number of rotatable bonds is 6. The van der Waals surface area contributed by atoms with Gasteiger partial charge < -0.3 is 15.5 Å². The summed E-state index contributed by atoms with van der Waals surface area (Å²) in [6.07, 6.45) is 5.55. The summed E-state index contributed by atoms with van der Waals surface area (Å²) in [5.41, 5.74) is 2.20. The van der Waals surface area contributed by atoms with E-state index in [9.17, 15) is 9.18 Å². The van der Waals surface area contributed by atoms with Crippen molar-refractivity contribution in [1.82, 2.24) is 20.4 Å². The molecule has 166 valence electrons. The summed E-state index contributed by atoms with van der Waals surface area (Å²) in [5.74, 6) is 0.874. The fourth-order valence-corrected chi connectivity index (χ4v) is 5.20. The maximum Gasteiger partial charge on any atom is 0.226 e. The first-order chi connectivity index (χ1) is 15.6. The summed E-state index contributed by atoms with van der Waals surface area (Å²) >= 11 is 1.34. The van der Waals surface area contributed by atoms with E-state index in [0.29, 0.717) is 16.7 Å². The van der Waals surface area contributed by atoms with Crippen LogP contribution in [0.2, 0.25) is 0 Å². The normalized spacial score (nSPS) is 20.1. The van der Waals surface area contributed by atoms with Crippen LogP contribution in [0.15, 0.2) is 36.5 Å². The number of nitrogens with zero attached hydrogens (tertiary/aromatic N) is 5. The summed E-state index contributed by atoms with van der Waals surface area (Å²) in [4.78, 5) is 14.7. The lowest BCUT2D eigenvalue weighted by molar-refractivity contribution is -0.117. The summed E-state index contributed by atoms with van der Waals surface area (Å²) in [6.45, 7) is 1.71. The van der Waals surface area contributed by atoms with Crippen LogP contribution in [0.1, 0.15) is 30.4 Å². The van der Waals surface area contributed by atoms with Crippen molar-refractivity contribution in [2.75, 3.05) is 28.6 Å². The largest absolute Gasteiger partial charge is 0.355 e. The van der Waals surface area contributed by atoms with Gasteiger partial charge in [-0.2, -0.15) is 5.10 Å². The molecule has 0 spiro atoms. The minimum atomic E-state index is -0.195. The van der Waals surface area contributed by atoms with Gasteiger partial charge in [-0.05, 0) is 67.0 Å². The van der Waals surface area contributed by atoms with Crippen LogP contribution >= 0.6 is 11.3 Å². The topological polar surface area (TPSA) is 95.9 Å². The van der Waals surface area contributed by atoms with E-state index in [1.54, 1.807) is 12.3 Å². The lowest BCUT2D eigenvalue weighted by Crippen LogP contribution is -2.26. The number of aromatic nitrogens is 4. The number of amides is 1. The van der Waals surface area contributed by atoms with Crippen LogP contribution in [-0.2, 0) is 17.6 Å². The number of hydrogen-bond acceptors (Lipinski definition) is 8. The Labute approximate surface area is 189 Å². The van der Waals surface area contributed by atoms with E-state index in [1.807, 2.05) is 18.2 Å². The Morgan fingerprint density at radius 3 is 2.94 bits per heavy atom. The smallest absolute Gasteiger partial charge is 0.226 e. The third-order valence-corrected chi connectivity index (χ3v) is 6.81. The van der Waals surface area contributed by atoms with Gasteiger partial charge in [0.15, 0.2) is 5.82 Å². The maximum atomic E-state index is 13.4. The number of hydrogen-bond donors (Lipinski definition) is 2. The first-order valence-electron chi connectivity index (χ1n) is 10.8. The van der Waals surface area contributed by atoms with Gasteiger partial charge in [0.2, 0.25) is 16.2 Å². The van der Waals surface area contributed by atoms with Gasteiger partial charge >= 0.3 is 0 Å². The second-order valence-corrected chi connectivity index (χ2v) is 9.32. The van der Waals surface area contributed by atoms with Crippen molar-refractivity contribution in [3.05, 3.63) is 53.5 Å². The lowest BCUT2D eigenvalue weighted by atomic mass is 9.82. The molecule has 0 saturated carbocycles. The van der Waals surface area contributed by atoms with Crippen molar-refractivity contribution in [2.24, 2.45) is 5.92 Å². The third-order valence-electron chi connectivity index (χ3n) is 6.04. The number of fused-ring (bicyclic) bond motifs is 1. The van der Waals surface area contributed by atoms with Gasteiger partial charge in [-0.3, -0.25) is 4.79 Å². The van der Waals surface area contributed by atoms with Gasteiger partial charge in [0.05, 0.1) is 0 Å². The number of carbonyl (C=O) groups excluding carboxylic acids is 1. The fourth-order valence-electron chi connectivity index (χ4n) is 4.46. The number of carbonyl (C=O) groups is 1. The minimum Gasteiger partial charge on any atom is -0.355 e. The Morgan fingerprint density at radius 1 is 1.16 bits per heavy atom. The maximum absolute atomic E-state index is 13.4. The Morgan fingerprint density at radius 2 is 2.06 bits per heavy atom. The molecule has 2 atom stereocenters. The second kappa shape index (κ2) is 9.15. The number of aryl methyl sites for hydroxylation is 1. The zero-order valence-electron chi connectivity index (χ0n) is 17.5. The number of anilines is 3. The molecule has 32 heavy (non-hydrogen) atoms. The Bertz CT molecular complexity index is 1090. The summed E-state index contributed by atoms with van der Waals surface area (Å²) in [5, 5.41) is 23.9. The van der Waals surface area contributed by atoms with Crippen LogP contribution in [0, 0.1) is 11.7 Å². The summed E-state index contributed by atoms with van der Waals surface area (Å²) in [6, 6.07) is 9.02. The van der Waals surface area contributed by atoms with E-state index in [-0.39, 0.29) is 23.7 Å². The molecular formula is C22H24FN7OS. The van der Waals surface area contributed by atoms with E-state index >= 15 is 0 Å². The van der Waals surface area contributed by atoms with Gasteiger partial charge in [-0.1, -0.05) is 17.4 Å². The molecule has 1 amide bonds. The van der Waals surface area contributed by atoms with Crippen LogP contribution < -0.4 is 15.5 Å². The molecule has 2 aliphatic rings. The Balaban J connectivity index is 1.11. The van der Waals surface area contributed by atoms with E-state index < -0.39 is 0 Å². The van der Waals surface area contributed by atoms with Crippen molar-refractivity contribution in [3.8, 4) is 0 Å². The van der Waals surface area contributed by atoms with E-state index in [1.165, 1.54) is 17.4 Å². The molecule has 1 saturated heterocycles. The van der Waals surface area contributed by atoms with Crippen LogP contribution in [0.25, 0.3) is 0 Å². The van der Waals surface area contributed by atoms with Crippen molar-refractivity contribution in [1.29, 1.82) is 0 Å². The van der Waals surface area contributed by atoms with E-state index in [0.717, 1.165) is 55.7 Å². The first-order valence-corrected chi connectivity index (χ1v) is 11.6. The highest BCUT2D eigenvalue weighted by molar-refractivity contribution is 7.19. The predicted molar refractivity (Wildman–Crippen MR) is 121 cm³/mol. The van der Waals surface area contributed by atoms with Gasteiger partial charge in [-0.15, -0.1) is 15.3 Å². The minimum absolute atomic E-state index is 0.0574. The monoisotopic (exact) mass is 453 g/mol. The quantitative estimate of drug-likeness (QED) is 0.591. The molecule has 3 heterocycles. The summed E-state index contributed by atoms with van der Waals surface area (Å²) < 4.78 is 13.4. The molecule has 5 rings (SSSR count). The number of halogens is 1. The molecule has 10 heteroatoms. The highest BCUT2D eigenvalue weighted by Crippen LogP contribution is 2.29. The lowest BCUT2D eigenvalue weighted by Gasteiger charge is -2.24.